The SMILES string of the molecule is CC(C)(OC(=O)Nc1ccc2c(c1)N(S(=O)(=O)c1ccc(F)c(F)c1)CCO2)C(F)(F)F. The minimum absolute atomic E-state index is 0.0511. The number of rotatable bonds is 4. The van der Waals surface area contributed by atoms with Crippen LogP contribution in [0.1, 0.15) is 13.8 Å². The van der Waals surface area contributed by atoms with Gasteiger partial charge in [0.05, 0.1) is 17.1 Å². The Kier molecular flexibility index (Phi) is 5.98. The Hall–Kier alpha value is -3.09. The molecule has 7 nitrogen and oxygen atoms in total. The summed E-state index contributed by atoms with van der Waals surface area (Å²) in [4.78, 5) is 11.4. The number of nitrogens with zero attached hydrogens (tertiary/aromatic N) is 1. The molecule has 3 rings (SSSR count). The molecule has 0 radical (unpaired) electrons. The number of hydrogen-bond donors (Lipinski definition) is 1. The van der Waals surface area contributed by atoms with E-state index in [9.17, 15) is 35.2 Å². The van der Waals surface area contributed by atoms with Crippen LogP contribution in [-0.2, 0) is 14.8 Å². The van der Waals surface area contributed by atoms with E-state index in [1.165, 1.54) is 12.1 Å². The average Bonchev–Trinajstić information content (AvgIpc) is 2.68. The van der Waals surface area contributed by atoms with Crippen LogP contribution < -0.4 is 14.4 Å². The van der Waals surface area contributed by atoms with E-state index in [-0.39, 0.29) is 30.3 Å². The third kappa shape index (κ3) is 4.56. The van der Waals surface area contributed by atoms with Crippen molar-refractivity contribution in [2.75, 3.05) is 22.8 Å². The average molecular weight is 480 g/mol. The molecule has 2 aromatic rings. The number of sulfonamides is 1. The van der Waals surface area contributed by atoms with Crippen LogP contribution in [0.2, 0.25) is 0 Å². The molecule has 0 unspecified atom stereocenters. The van der Waals surface area contributed by atoms with Gasteiger partial charge in [0.2, 0.25) is 5.60 Å². The van der Waals surface area contributed by atoms with E-state index in [1.54, 1.807) is 0 Å². The van der Waals surface area contributed by atoms with Crippen LogP contribution in [-0.4, -0.2) is 39.4 Å². The fraction of sp³-hybridized carbons (Fsp3) is 0.316. The molecule has 13 heteroatoms. The van der Waals surface area contributed by atoms with Gasteiger partial charge >= 0.3 is 12.3 Å². The maximum atomic E-state index is 13.6. The predicted octanol–water partition coefficient (Wildman–Crippen LogP) is 4.44. The van der Waals surface area contributed by atoms with Gasteiger partial charge in [-0.1, -0.05) is 0 Å². The molecule has 0 bridgehead atoms. The molecule has 0 saturated carbocycles. The van der Waals surface area contributed by atoms with Gasteiger partial charge in [-0.05, 0) is 50.2 Å². The summed E-state index contributed by atoms with van der Waals surface area (Å²) < 4.78 is 102. The molecular formula is C19H17F5N2O5S. The molecule has 1 amide bonds. The fourth-order valence-corrected chi connectivity index (χ4v) is 4.18. The van der Waals surface area contributed by atoms with Gasteiger partial charge in [0.15, 0.2) is 11.6 Å². The number of carbonyl (C=O) groups excluding carboxylic acids is 1. The van der Waals surface area contributed by atoms with Gasteiger partial charge in [-0.3, -0.25) is 9.62 Å². The molecule has 1 N–H and O–H groups in total. The van der Waals surface area contributed by atoms with Crippen molar-refractivity contribution in [3.05, 3.63) is 48.0 Å². The number of nitrogens with one attached hydrogen (secondary N) is 1. The summed E-state index contributed by atoms with van der Waals surface area (Å²) in [5.41, 5.74) is -2.91. The Labute approximate surface area is 179 Å². The highest BCUT2D eigenvalue weighted by molar-refractivity contribution is 7.92. The quantitative estimate of drug-likeness (QED) is 0.654. The van der Waals surface area contributed by atoms with Crippen LogP contribution in [0.4, 0.5) is 38.1 Å². The summed E-state index contributed by atoms with van der Waals surface area (Å²) in [6.45, 7) is 1.10. The number of amides is 1. The highest BCUT2D eigenvalue weighted by Gasteiger charge is 2.51. The third-order valence-electron chi connectivity index (χ3n) is 4.54. The summed E-state index contributed by atoms with van der Waals surface area (Å²) >= 11 is 0. The number of anilines is 2. The normalized spacial score (nSPS) is 14.4. The second-order valence-electron chi connectivity index (χ2n) is 7.21. The second-order valence-corrected chi connectivity index (χ2v) is 9.07. The molecule has 0 fully saturated rings. The Balaban J connectivity index is 1.90. The van der Waals surface area contributed by atoms with Gasteiger partial charge in [-0.2, -0.15) is 13.2 Å². The van der Waals surface area contributed by atoms with Crippen molar-refractivity contribution in [3.8, 4) is 5.75 Å². The molecule has 0 saturated heterocycles. The van der Waals surface area contributed by atoms with Crippen molar-refractivity contribution in [3.63, 3.8) is 0 Å². The van der Waals surface area contributed by atoms with Crippen LogP contribution >= 0.6 is 0 Å². The molecule has 1 aliphatic heterocycles. The Morgan fingerprint density at radius 2 is 1.78 bits per heavy atom. The van der Waals surface area contributed by atoms with Crippen molar-refractivity contribution in [1.82, 2.24) is 0 Å². The van der Waals surface area contributed by atoms with Crippen LogP contribution in [0, 0.1) is 11.6 Å². The number of fused-ring (bicyclic) bond motifs is 1. The lowest BCUT2D eigenvalue weighted by atomic mass is 10.1. The van der Waals surface area contributed by atoms with Crippen molar-refractivity contribution in [2.24, 2.45) is 0 Å². The lowest BCUT2D eigenvalue weighted by Gasteiger charge is -2.31. The molecule has 0 atom stereocenters. The van der Waals surface area contributed by atoms with E-state index < -0.39 is 44.4 Å². The molecule has 32 heavy (non-hydrogen) atoms. The lowest BCUT2D eigenvalue weighted by Crippen LogP contribution is -2.44. The molecular weight excluding hydrogens is 463 g/mol. The van der Waals surface area contributed by atoms with Crippen LogP contribution in [0.25, 0.3) is 0 Å². The van der Waals surface area contributed by atoms with Crippen LogP contribution in [0.5, 0.6) is 5.75 Å². The van der Waals surface area contributed by atoms with Crippen molar-refractivity contribution < 1.29 is 44.6 Å². The summed E-state index contributed by atoms with van der Waals surface area (Å²) in [5, 5.41) is 2.10. The van der Waals surface area contributed by atoms with Gasteiger partial charge < -0.3 is 9.47 Å². The van der Waals surface area contributed by atoms with E-state index in [4.69, 9.17) is 4.74 Å². The standard InChI is InChI=1S/C19H17F5N2O5S/c1-18(2,19(22,23)24)31-17(27)25-11-3-6-16-15(9-11)26(7-8-30-16)32(28,29)12-4-5-13(20)14(21)10-12/h3-6,9-10H,7-8H2,1-2H3,(H,25,27). The number of hydrogen-bond acceptors (Lipinski definition) is 5. The predicted molar refractivity (Wildman–Crippen MR) is 103 cm³/mol. The van der Waals surface area contributed by atoms with Gasteiger partial charge in [0.1, 0.15) is 12.4 Å². The zero-order valence-electron chi connectivity index (χ0n) is 16.7. The first-order valence-corrected chi connectivity index (χ1v) is 10.5. The minimum Gasteiger partial charge on any atom is -0.489 e. The van der Waals surface area contributed by atoms with E-state index >= 15 is 0 Å². The fourth-order valence-electron chi connectivity index (χ4n) is 2.72. The summed E-state index contributed by atoms with van der Waals surface area (Å²) in [7, 11) is -4.35. The Bertz CT molecular complexity index is 1150. The first kappa shape index (κ1) is 23.6. The highest BCUT2D eigenvalue weighted by Crippen LogP contribution is 2.38. The van der Waals surface area contributed by atoms with Gasteiger partial charge in [-0.15, -0.1) is 0 Å². The zero-order valence-corrected chi connectivity index (χ0v) is 17.5. The number of halogens is 5. The molecule has 1 aliphatic rings. The molecule has 0 aromatic heterocycles. The number of benzene rings is 2. The minimum atomic E-state index is -4.82. The van der Waals surface area contributed by atoms with Crippen molar-refractivity contribution in [2.45, 2.75) is 30.5 Å². The lowest BCUT2D eigenvalue weighted by molar-refractivity contribution is -0.242. The smallest absolute Gasteiger partial charge is 0.427 e. The second kappa shape index (κ2) is 8.11. The van der Waals surface area contributed by atoms with Gasteiger partial charge in [-0.25, -0.2) is 22.0 Å². The maximum absolute atomic E-state index is 13.6. The van der Waals surface area contributed by atoms with E-state index in [2.05, 4.69) is 10.1 Å². The van der Waals surface area contributed by atoms with E-state index in [0.29, 0.717) is 26.0 Å². The number of alkyl halides is 3. The molecule has 2 aromatic carbocycles. The van der Waals surface area contributed by atoms with E-state index in [1.807, 2.05) is 0 Å². The maximum Gasteiger partial charge on any atom is 0.427 e. The largest absolute Gasteiger partial charge is 0.489 e. The van der Waals surface area contributed by atoms with Gasteiger partial charge in [0.25, 0.3) is 10.0 Å². The summed E-state index contributed by atoms with van der Waals surface area (Å²) in [6.07, 6.45) is -6.23. The topological polar surface area (TPSA) is 84.9 Å². The summed E-state index contributed by atoms with van der Waals surface area (Å²) in [6, 6.07) is 5.80. The van der Waals surface area contributed by atoms with Crippen LogP contribution in [0.15, 0.2) is 41.3 Å². The van der Waals surface area contributed by atoms with Gasteiger partial charge in [0, 0.05) is 5.69 Å². The molecule has 0 aliphatic carbocycles. The Morgan fingerprint density at radius 3 is 2.41 bits per heavy atom. The monoisotopic (exact) mass is 480 g/mol. The van der Waals surface area contributed by atoms with Crippen molar-refractivity contribution >= 4 is 27.5 Å². The number of carbonyl (C=O) groups is 1. The summed E-state index contributed by atoms with van der Waals surface area (Å²) in [5.74, 6) is -2.49. The molecule has 174 valence electrons. The van der Waals surface area contributed by atoms with E-state index in [0.717, 1.165) is 16.4 Å². The third-order valence-corrected chi connectivity index (χ3v) is 6.34. The zero-order chi connectivity index (χ0) is 23.9. The Morgan fingerprint density at radius 1 is 1.09 bits per heavy atom. The van der Waals surface area contributed by atoms with Crippen LogP contribution in [0.3, 0.4) is 0 Å². The number of ether oxygens (including phenoxy) is 2. The first-order chi connectivity index (χ1) is 14.7. The first-order valence-electron chi connectivity index (χ1n) is 9.04. The van der Waals surface area contributed by atoms with Crippen molar-refractivity contribution in [1.29, 1.82) is 0 Å². The molecule has 1 heterocycles. The highest BCUT2D eigenvalue weighted by atomic mass is 32.2. The molecule has 0 spiro atoms.